The first-order valence-electron chi connectivity index (χ1n) is 10.7. The van der Waals surface area contributed by atoms with Crippen LogP contribution in [0, 0.1) is 5.41 Å². The van der Waals surface area contributed by atoms with E-state index in [0.717, 1.165) is 37.0 Å². The highest BCUT2D eigenvalue weighted by atomic mass is 32.2. The standard InChI is InChI=1S/C20H22F2N6O3S2/c1-19(2-3-19)26-33(30,31)12-4-13(27-9-20(10-27)5-11(29)6-20)16-23-7-14(28(16)8-12)17-24-25-18(32-17)15(21)22/h4,7-8,11,15,26,29H,2-3,5-6,9-10H2,1H3. The maximum absolute atomic E-state index is 13.2. The summed E-state index contributed by atoms with van der Waals surface area (Å²) in [4.78, 5) is 6.61. The molecule has 3 fully saturated rings. The number of nitrogens with one attached hydrogen (secondary N) is 1. The van der Waals surface area contributed by atoms with Gasteiger partial charge in [-0.25, -0.2) is 26.9 Å². The van der Waals surface area contributed by atoms with Crippen LogP contribution in [0.5, 0.6) is 0 Å². The Labute approximate surface area is 192 Å². The number of aliphatic hydroxyl groups is 1. The molecule has 3 aromatic rings. The SMILES string of the molecule is CC1(NS(=O)(=O)c2cc(N3CC4(CC(O)C4)C3)c3ncc(-c4nnc(C(F)F)s4)n3c2)CC1. The van der Waals surface area contributed by atoms with Crippen LogP contribution in [-0.4, -0.2) is 57.8 Å². The molecular formula is C20H22F2N6O3S2. The van der Waals surface area contributed by atoms with Gasteiger partial charge in [0.05, 0.1) is 18.0 Å². The lowest BCUT2D eigenvalue weighted by molar-refractivity contribution is -0.0491. The maximum Gasteiger partial charge on any atom is 0.291 e. The maximum atomic E-state index is 13.2. The summed E-state index contributed by atoms with van der Waals surface area (Å²) in [6, 6.07) is 1.62. The Morgan fingerprint density at radius 3 is 2.61 bits per heavy atom. The summed E-state index contributed by atoms with van der Waals surface area (Å²) in [5, 5.41) is 17.0. The number of nitrogens with zero attached hydrogens (tertiary/aromatic N) is 5. The highest BCUT2D eigenvalue weighted by Crippen LogP contribution is 2.50. The predicted octanol–water partition coefficient (Wildman–Crippen LogP) is 2.58. The Morgan fingerprint density at radius 2 is 2.00 bits per heavy atom. The Balaban J connectivity index is 1.45. The molecular weight excluding hydrogens is 474 g/mol. The van der Waals surface area contributed by atoms with Gasteiger partial charge in [-0.2, -0.15) is 0 Å². The number of aromatic nitrogens is 4. The van der Waals surface area contributed by atoms with Crippen LogP contribution in [-0.2, 0) is 10.0 Å². The zero-order chi connectivity index (χ0) is 23.2. The third-order valence-corrected chi connectivity index (χ3v) is 9.39. The molecule has 0 atom stereocenters. The Morgan fingerprint density at radius 1 is 1.27 bits per heavy atom. The summed E-state index contributed by atoms with van der Waals surface area (Å²) in [6.45, 7) is 3.26. The lowest BCUT2D eigenvalue weighted by Gasteiger charge is -2.58. The van der Waals surface area contributed by atoms with Gasteiger partial charge < -0.3 is 10.0 Å². The number of anilines is 1. The second-order valence-corrected chi connectivity index (χ2v) is 12.4. The van der Waals surface area contributed by atoms with Gasteiger partial charge in [-0.1, -0.05) is 11.3 Å². The quantitative estimate of drug-likeness (QED) is 0.539. The van der Waals surface area contributed by atoms with Crippen molar-refractivity contribution in [2.24, 2.45) is 5.41 Å². The largest absolute Gasteiger partial charge is 0.393 e. The number of imidazole rings is 1. The van der Waals surface area contributed by atoms with Crippen LogP contribution in [0.4, 0.5) is 14.5 Å². The van der Waals surface area contributed by atoms with Crippen LogP contribution in [0.3, 0.4) is 0 Å². The molecule has 3 aromatic heterocycles. The zero-order valence-electron chi connectivity index (χ0n) is 17.7. The van der Waals surface area contributed by atoms with Gasteiger partial charge in [0, 0.05) is 30.2 Å². The van der Waals surface area contributed by atoms with Crippen molar-refractivity contribution in [1.82, 2.24) is 24.3 Å². The smallest absolute Gasteiger partial charge is 0.291 e. The molecule has 4 heterocycles. The van der Waals surface area contributed by atoms with Crippen molar-refractivity contribution in [3.05, 3.63) is 23.5 Å². The highest BCUT2D eigenvalue weighted by Gasteiger charge is 2.52. The number of hydrogen-bond acceptors (Lipinski definition) is 8. The minimum Gasteiger partial charge on any atom is -0.393 e. The highest BCUT2D eigenvalue weighted by molar-refractivity contribution is 7.89. The zero-order valence-corrected chi connectivity index (χ0v) is 19.3. The molecule has 1 spiro atoms. The van der Waals surface area contributed by atoms with Crippen LogP contribution < -0.4 is 9.62 Å². The summed E-state index contributed by atoms with van der Waals surface area (Å²) in [5.74, 6) is 0. The minimum absolute atomic E-state index is 0.0614. The lowest BCUT2D eigenvalue weighted by Crippen LogP contribution is -2.64. The number of aliphatic hydroxyl groups excluding tert-OH is 1. The third kappa shape index (κ3) is 3.52. The first-order valence-corrected chi connectivity index (χ1v) is 13.0. The van der Waals surface area contributed by atoms with Gasteiger partial charge in [0.25, 0.3) is 6.43 Å². The van der Waals surface area contributed by atoms with Crippen LogP contribution in [0.15, 0.2) is 23.4 Å². The van der Waals surface area contributed by atoms with Gasteiger partial charge >= 0.3 is 0 Å². The predicted molar refractivity (Wildman–Crippen MR) is 117 cm³/mol. The summed E-state index contributed by atoms with van der Waals surface area (Å²) < 4.78 is 56.9. The van der Waals surface area contributed by atoms with Crippen molar-refractivity contribution < 1.29 is 22.3 Å². The molecule has 2 saturated carbocycles. The molecule has 9 nitrogen and oxygen atoms in total. The van der Waals surface area contributed by atoms with E-state index in [1.165, 1.54) is 12.4 Å². The van der Waals surface area contributed by atoms with Crippen molar-refractivity contribution in [2.45, 2.75) is 55.6 Å². The van der Waals surface area contributed by atoms with Gasteiger partial charge in [0.1, 0.15) is 10.6 Å². The van der Waals surface area contributed by atoms with E-state index in [1.54, 1.807) is 10.5 Å². The molecule has 2 aliphatic carbocycles. The number of fused-ring (bicyclic) bond motifs is 1. The van der Waals surface area contributed by atoms with E-state index < -0.39 is 27.0 Å². The molecule has 13 heteroatoms. The number of sulfonamides is 1. The van der Waals surface area contributed by atoms with Crippen molar-refractivity contribution >= 4 is 32.7 Å². The van der Waals surface area contributed by atoms with Gasteiger partial charge in [0.15, 0.2) is 15.7 Å². The summed E-state index contributed by atoms with van der Waals surface area (Å²) >= 11 is 0.754. The fraction of sp³-hybridized carbons (Fsp3) is 0.550. The first kappa shape index (κ1) is 21.3. The van der Waals surface area contributed by atoms with E-state index in [-0.39, 0.29) is 21.4 Å². The van der Waals surface area contributed by atoms with Crippen LogP contribution in [0.2, 0.25) is 0 Å². The normalized spacial score (nSPS) is 21.5. The van der Waals surface area contributed by atoms with E-state index >= 15 is 0 Å². The van der Waals surface area contributed by atoms with Crippen LogP contribution in [0.25, 0.3) is 16.3 Å². The molecule has 0 unspecified atom stereocenters. The van der Waals surface area contributed by atoms with Crippen LogP contribution >= 0.6 is 11.3 Å². The fourth-order valence-corrected chi connectivity index (χ4v) is 7.00. The third-order valence-electron chi connectivity index (χ3n) is 6.83. The Hall–Kier alpha value is -2.22. The number of pyridine rings is 1. The average Bonchev–Trinajstić information content (AvgIpc) is 3.09. The molecule has 0 radical (unpaired) electrons. The fourth-order valence-electron chi connectivity index (χ4n) is 4.81. The second-order valence-electron chi connectivity index (χ2n) is 9.73. The summed E-state index contributed by atoms with van der Waals surface area (Å²) in [6.07, 6.45) is 2.97. The molecule has 3 aliphatic rings. The first-order chi connectivity index (χ1) is 15.6. The molecule has 2 N–H and O–H groups in total. The molecule has 0 bridgehead atoms. The second kappa shape index (κ2) is 6.90. The van der Waals surface area contributed by atoms with Gasteiger partial charge in [-0.3, -0.25) is 4.40 Å². The number of hydrogen-bond donors (Lipinski definition) is 2. The molecule has 6 rings (SSSR count). The average molecular weight is 497 g/mol. The molecule has 0 aromatic carbocycles. The van der Waals surface area contributed by atoms with E-state index in [2.05, 4.69) is 24.8 Å². The van der Waals surface area contributed by atoms with Gasteiger partial charge in [-0.05, 0) is 38.7 Å². The van der Waals surface area contributed by atoms with E-state index in [1.807, 2.05) is 6.92 Å². The van der Waals surface area contributed by atoms with Crippen molar-refractivity contribution in [3.63, 3.8) is 0 Å². The lowest BCUT2D eigenvalue weighted by atomic mass is 9.62. The van der Waals surface area contributed by atoms with Crippen molar-refractivity contribution in [3.8, 4) is 10.7 Å². The van der Waals surface area contributed by atoms with Gasteiger partial charge in [-0.15, -0.1) is 10.2 Å². The topological polar surface area (TPSA) is 113 Å². The number of halogens is 2. The van der Waals surface area contributed by atoms with Crippen molar-refractivity contribution in [1.29, 1.82) is 0 Å². The molecule has 33 heavy (non-hydrogen) atoms. The van der Waals surface area contributed by atoms with E-state index in [4.69, 9.17) is 0 Å². The molecule has 0 amide bonds. The van der Waals surface area contributed by atoms with Crippen molar-refractivity contribution in [2.75, 3.05) is 18.0 Å². The number of rotatable bonds is 6. The molecule has 1 saturated heterocycles. The molecule has 1 aliphatic heterocycles. The monoisotopic (exact) mass is 496 g/mol. The van der Waals surface area contributed by atoms with Crippen LogP contribution in [0.1, 0.15) is 44.0 Å². The Bertz CT molecular complexity index is 1350. The van der Waals surface area contributed by atoms with E-state index in [9.17, 15) is 22.3 Å². The van der Waals surface area contributed by atoms with Gasteiger partial charge in [0.2, 0.25) is 10.0 Å². The number of alkyl halides is 2. The molecule has 176 valence electrons. The van der Waals surface area contributed by atoms with E-state index in [0.29, 0.717) is 30.1 Å². The Kier molecular flexibility index (Phi) is 4.46. The summed E-state index contributed by atoms with van der Waals surface area (Å²) in [7, 11) is -3.82. The summed E-state index contributed by atoms with van der Waals surface area (Å²) in [5.41, 5.74) is 1.19. The minimum atomic E-state index is -3.82.